The predicted octanol–water partition coefficient (Wildman–Crippen LogP) is 2.39. The van der Waals surface area contributed by atoms with E-state index < -0.39 is 22.7 Å². The second-order valence-corrected chi connectivity index (χ2v) is 5.66. The molecule has 0 aliphatic rings. The number of aromatic carboxylic acids is 2. The fourth-order valence-electron chi connectivity index (χ4n) is 1.92. The molecule has 0 aliphatic heterocycles. The van der Waals surface area contributed by atoms with Crippen LogP contribution in [-0.4, -0.2) is 26.4 Å². The van der Waals surface area contributed by atoms with Crippen molar-refractivity contribution in [3.63, 3.8) is 0 Å². The Bertz CT molecular complexity index is 677. The maximum absolute atomic E-state index is 12.4. The van der Waals surface area contributed by atoms with Crippen LogP contribution in [-0.2, 0) is 16.6 Å². The molecule has 0 amide bonds. The van der Waals surface area contributed by atoms with Gasteiger partial charge < -0.3 is 10.2 Å². The predicted molar refractivity (Wildman–Crippen MR) is 76.9 cm³/mol. The van der Waals surface area contributed by atoms with Gasteiger partial charge in [0, 0.05) is 0 Å². The fraction of sp³-hybridized carbons (Fsp3) is 0.0667. The van der Waals surface area contributed by atoms with Crippen molar-refractivity contribution in [2.45, 2.75) is 10.6 Å². The van der Waals surface area contributed by atoms with Crippen LogP contribution in [0.2, 0.25) is 0 Å². The molecule has 21 heavy (non-hydrogen) atoms. The van der Waals surface area contributed by atoms with E-state index in [-0.39, 0.29) is 21.8 Å². The topological polar surface area (TPSA) is 91.7 Å². The number of hydrogen-bond acceptors (Lipinski definition) is 3. The summed E-state index contributed by atoms with van der Waals surface area (Å²) in [5.74, 6) is -2.53. The van der Waals surface area contributed by atoms with Crippen molar-refractivity contribution >= 4 is 22.7 Å². The molecule has 5 nitrogen and oxygen atoms in total. The maximum Gasteiger partial charge on any atom is 0.336 e. The van der Waals surface area contributed by atoms with E-state index in [1.54, 1.807) is 30.3 Å². The maximum atomic E-state index is 12.4. The molecule has 2 aromatic carbocycles. The van der Waals surface area contributed by atoms with E-state index in [2.05, 4.69) is 0 Å². The van der Waals surface area contributed by atoms with Gasteiger partial charge in [-0.05, 0) is 17.7 Å². The quantitative estimate of drug-likeness (QED) is 0.885. The zero-order valence-electron chi connectivity index (χ0n) is 10.9. The third-order valence-corrected chi connectivity index (χ3v) is 4.33. The van der Waals surface area contributed by atoms with Crippen LogP contribution in [0.25, 0.3) is 0 Å². The van der Waals surface area contributed by atoms with E-state index in [1.807, 2.05) is 0 Å². The third kappa shape index (κ3) is 3.35. The first-order valence-electron chi connectivity index (χ1n) is 6.02. The zero-order valence-corrected chi connectivity index (χ0v) is 11.7. The average Bonchev–Trinajstić information content (AvgIpc) is 2.47. The Labute approximate surface area is 123 Å². The SMILES string of the molecule is O=C(O)c1cccc(C(=O)O)c1[S@@](=O)Cc1ccccc1. The average molecular weight is 304 g/mol. The van der Waals surface area contributed by atoms with Gasteiger partial charge in [0.05, 0.1) is 32.6 Å². The summed E-state index contributed by atoms with van der Waals surface area (Å²) in [7, 11) is -1.76. The molecule has 0 fully saturated rings. The van der Waals surface area contributed by atoms with Gasteiger partial charge in [-0.15, -0.1) is 0 Å². The Morgan fingerprint density at radius 2 is 1.38 bits per heavy atom. The Kier molecular flexibility index (Phi) is 4.49. The van der Waals surface area contributed by atoms with Crippen LogP contribution in [0.3, 0.4) is 0 Å². The summed E-state index contributed by atoms with van der Waals surface area (Å²) in [5, 5.41) is 18.3. The smallest absolute Gasteiger partial charge is 0.336 e. The van der Waals surface area contributed by atoms with Crippen LogP contribution < -0.4 is 0 Å². The molecule has 0 aromatic heterocycles. The van der Waals surface area contributed by atoms with Crippen LogP contribution in [0.15, 0.2) is 53.4 Å². The van der Waals surface area contributed by atoms with Crippen LogP contribution >= 0.6 is 0 Å². The van der Waals surface area contributed by atoms with Crippen LogP contribution in [0.4, 0.5) is 0 Å². The molecule has 108 valence electrons. The standard InChI is InChI=1S/C15H12O5S/c16-14(17)11-7-4-8-12(15(18)19)13(11)21(20)9-10-5-2-1-3-6-10/h1-8H,9H2,(H,16,17)(H,18,19)/t21-/m0/s1. The van der Waals surface area contributed by atoms with E-state index in [4.69, 9.17) is 10.2 Å². The molecule has 0 unspecified atom stereocenters. The highest BCUT2D eigenvalue weighted by Crippen LogP contribution is 2.22. The monoisotopic (exact) mass is 304 g/mol. The molecule has 1 atom stereocenters. The van der Waals surface area contributed by atoms with Gasteiger partial charge in [0.1, 0.15) is 0 Å². The summed E-state index contributed by atoms with van der Waals surface area (Å²) < 4.78 is 12.4. The summed E-state index contributed by atoms with van der Waals surface area (Å²) in [6.07, 6.45) is 0. The van der Waals surface area contributed by atoms with Crippen LogP contribution in [0, 0.1) is 0 Å². The number of hydrogen-bond donors (Lipinski definition) is 2. The first kappa shape index (κ1) is 14.9. The van der Waals surface area contributed by atoms with E-state index in [0.29, 0.717) is 0 Å². The number of carbonyl (C=O) groups is 2. The van der Waals surface area contributed by atoms with Gasteiger partial charge in [-0.1, -0.05) is 36.4 Å². The minimum atomic E-state index is -1.76. The number of carboxylic acid groups (broad SMARTS) is 2. The molecule has 0 saturated heterocycles. The van der Waals surface area contributed by atoms with E-state index in [9.17, 15) is 13.8 Å². The van der Waals surface area contributed by atoms with E-state index >= 15 is 0 Å². The highest BCUT2D eigenvalue weighted by atomic mass is 32.2. The molecule has 0 bridgehead atoms. The second-order valence-electron chi connectivity index (χ2n) is 4.27. The van der Waals surface area contributed by atoms with Gasteiger partial charge in [-0.2, -0.15) is 0 Å². The summed E-state index contributed by atoms with van der Waals surface area (Å²) in [5.41, 5.74) is 0.251. The van der Waals surface area contributed by atoms with Gasteiger partial charge in [-0.25, -0.2) is 9.59 Å². The number of rotatable bonds is 5. The second kappa shape index (κ2) is 6.32. The van der Waals surface area contributed by atoms with Gasteiger partial charge in [0.2, 0.25) is 0 Å². The Hall–Kier alpha value is -2.47. The summed E-state index contributed by atoms with van der Waals surface area (Å²) in [4.78, 5) is 22.3. The summed E-state index contributed by atoms with van der Waals surface area (Å²) >= 11 is 0. The molecular weight excluding hydrogens is 292 g/mol. The van der Waals surface area contributed by atoms with Gasteiger partial charge in [-0.3, -0.25) is 4.21 Å². The summed E-state index contributed by atoms with van der Waals surface area (Å²) in [6, 6.07) is 12.7. The molecular formula is C15H12O5S. The minimum absolute atomic E-state index is 0.0609. The zero-order chi connectivity index (χ0) is 15.4. The molecule has 0 spiro atoms. The number of carboxylic acids is 2. The van der Waals surface area contributed by atoms with E-state index in [0.717, 1.165) is 5.56 Å². The van der Waals surface area contributed by atoms with Crippen LogP contribution in [0.5, 0.6) is 0 Å². The Balaban J connectivity index is 2.48. The first-order valence-corrected chi connectivity index (χ1v) is 7.34. The molecule has 6 heteroatoms. The first-order chi connectivity index (χ1) is 10.0. The largest absolute Gasteiger partial charge is 0.478 e. The van der Waals surface area contributed by atoms with Crippen molar-refractivity contribution in [2.24, 2.45) is 0 Å². The normalized spacial score (nSPS) is 11.8. The molecule has 0 radical (unpaired) electrons. The highest BCUT2D eigenvalue weighted by molar-refractivity contribution is 7.84. The van der Waals surface area contributed by atoms with Crippen LogP contribution in [0.1, 0.15) is 26.3 Å². The summed E-state index contributed by atoms with van der Waals surface area (Å²) in [6.45, 7) is 0. The minimum Gasteiger partial charge on any atom is -0.478 e. The van der Waals surface area contributed by atoms with Gasteiger partial charge in [0.25, 0.3) is 0 Å². The van der Waals surface area contributed by atoms with Crippen molar-refractivity contribution < 1.29 is 24.0 Å². The van der Waals surface area contributed by atoms with Crippen molar-refractivity contribution in [2.75, 3.05) is 0 Å². The van der Waals surface area contributed by atoms with Gasteiger partial charge in [0.15, 0.2) is 0 Å². The molecule has 0 heterocycles. The lowest BCUT2D eigenvalue weighted by Crippen LogP contribution is -2.12. The van der Waals surface area contributed by atoms with Crippen molar-refractivity contribution in [3.8, 4) is 0 Å². The van der Waals surface area contributed by atoms with Crippen molar-refractivity contribution in [1.82, 2.24) is 0 Å². The Morgan fingerprint density at radius 1 is 0.857 bits per heavy atom. The van der Waals surface area contributed by atoms with Gasteiger partial charge >= 0.3 is 11.9 Å². The molecule has 2 rings (SSSR count). The van der Waals surface area contributed by atoms with Crippen molar-refractivity contribution in [1.29, 1.82) is 0 Å². The lowest BCUT2D eigenvalue weighted by Gasteiger charge is -2.09. The molecule has 0 saturated carbocycles. The molecule has 2 aromatic rings. The third-order valence-electron chi connectivity index (χ3n) is 2.84. The van der Waals surface area contributed by atoms with Crippen molar-refractivity contribution in [3.05, 3.63) is 65.2 Å². The molecule has 2 N–H and O–H groups in total. The lowest BCUT2D eigenvalue weighted by atomic mass is 10.1. The number of benzene rings is 2. The Morgan fingerprint density at radius 3 is 1.86 bits per heavy atom. The molecule has 0 aliphatic carbocycles. The van der Waals surface area contributed by atoms with E-state index in [1.165, 1.54) is 18.2 Å². The fourth-order valence-corrected chi connectivity index (χ4v) is 3.36. The lowest BCUT2D eigenvalue weighted by molar-refractivity contribution is 0.0690. The highest BCUT2D eigenvalue weighted by Gasteiger charge is 2.22.